The third-order valence-corrected chi connectivity index (χ3v) is 4.45. The summed E-state index contributed by atoms with van der Waals surface area (Å²) < 4.78 is 0. The van der Waals surface area contributed by atoms with Gasteiger partial charge in [0.1, 0.15) is 0 Å². The van der Waals surface area contributed by atoms with Crippen LogP contribution in [0.25, 0.3) is 0 Å². The molecule has 19 heavy (non-hydrogen) atoms. The Hall–Kier alpha value is -1.13. The van der Waals surface area contributed by atoms with Crippen LogP contribution in [0.4, 0.5) is 0 Å². The van der Waals surface area contributed by atoms with Crippen molar-refractivity contribution in [3.63, 3.8) is 0 Å². The number of alkyl halides is 1. The molecule has 1 aromatic heterocycles. The van der Waals surface area contributed by atoms with Gasteiger partial charge >= 0.3 is 0 Å². The predicted octanol–water partition coefficient (Wildman–Crippen LogP) is 3.41. The first-order valence-corrected chi connectivity index (χ1v) is 8.19. The number of thiophene rings is 1. The van der Waals surface area contributed by atoms with E-state index >= 15 is 0 Å². The molecule has 1 amide bonds. The van der Waals surface area contributed by atoms with E-state index in [9.17, 15) is 4.79 Å². The molecular formula is C15H16BrNOS. The van der Waals surface area contributed by atoms with Crippen LogP contribution in [0.5, 0.6) is 0 Å². The van der Waals surface area contributed by atoms with E-state index in [4.69, 9.17) is 0 Å². The van der Waals surface area contributed by atoms with Gasteiger partial charge in [0.15, 0.2) is 0 Å². The second kappa shape index (κ2) is 7.46. The maximum atomic E-state index is 11.9. The van der Waals surface area contributed by atoms with Crippen LogP contribution in [0, 0.1) is 0 Å². The predicted molar refractivity (Wildman–Crippen MR) is 83.9 cm³/mol. The second-order valence-corrected chi connectivity index (χ2v) is 6.04. The topological polar surface area (TPSA) is 29.1 Å². The lowest BCUT2D eigenvalue weighted by Crippen LogP contribution is -2.38. The number of benzene rings is 1. The molecule has 0 radical (unpaired) electrons. The number of hydrogen-bond acceptors (Lipinski definition) is 2. The van der Waals surface area contributed by atoms with Crippen LogP contribution < -0.4 is 5.32 Å². The highest BCUT2D eigenvalue weighted by atomic mass is 79.9. The molecule has 1 atom stereocenters. The van der Waals surface area contributed by atoms with Crippen molar-refractivity contribution >= 4 is 33.2 Å². The summed E-state index contributed by atoms with van der Waals surface area (Å²) >= 11 is 5.09. The van der Waals surface area contributed by atoms with Crippen LogP contribution in [0.15, 0.2) is 47.8 Å². The zero-order valence-corrected chi connectivity index (χ0v) is 12.9. The summed E-state index contributed by atoms with van der Waals surface area (Å²) in [5.74, 6) is 0.0860. The quantitative estimate of drug-likeness (QED) is 0.804. The zero-order valence-electron chi connectivity index (χ0n) is 10.5. The fourth-order valence-electron chi connectivity index (χ4n) is 1.89. The molecule has 2 nitrogen and oxygen atoms in total. The average molecular weight is 338 g/mol. The zero-order chi connectivity index (χ0) is 13.5. The van der Waals surface area contributed by atoms with Gasteiger partial charge < -0.3 is 5.32 Å². The van der Waals surface area contributed by atoms with Crippen LogP contribution in [0.2, 0.25) is 0 Å². The summed E-state index contributed by atoms with van der Waals surface area (Å²) in [7, 11) is 0. The van der Waals surface area contributed by atoms with Crippen molar-refractivity contribution in [3.05, 3.63) is 58.3 Å². The van der Waals surface area contributed by atoms with Gasteiger partial charge in [0.05, 0.1) is 6.42 Å². The molecule has 100 valence electrons. The number of nitrogens with one attached hydrogen (secondary N) is 1. The van der Waals surface area contributed by atoms with Crippen molar-refractivity contribution in [2.45, 2.75) is 18.9 Å². The Morgan fingerprint density at radius 2 is 2.00 bits per heavy atom. The molecule has 0 saturated heterocycles. The molecule has 4 heteroatoms. The Labute approximate surface area is 126 Å². The van der Waals surface area contributed by atoms with E-state index < -0.39 is 0 Å². The molecule has 0 spiro atoms. The van der Waals surface area contributed by atoms with Crippen LogP contribution >= 0.6 is 27.3 Å². The van der Waals surface area contributed by atoms with Gasteiger partial charge in [0, 0.05) is 16.2 Å². The fraction of sp³-hybridized carbons (Fsp3) is 0.267. The lowest BCUT2D eigenvalue weighted by Gasteiger charge is -2.16. The lowest BCUT2D eigenvalue weighted by atomic mass is 10.1. The Morgan fingerprint density at radius 1 is 1.21 bits per heavy atom. The summed E-state index contributed by atoms with van der Waals surface area (Å²) in [6.45, 7) is 0. The van der Waals surface area contributed by atoms with Gasteiger partial charge in [0.25, 0.3) is 0 Å². The molecule has 1 aromatic carbocycles. The first kappa shape index (κ1) is 14.3. The Morgan fingerprint density at radius 3 is 2.63 bits per heavy atom. The van der Waals surface area contributed by atoms with Gasteiger partial charge in [0.2, 0.25) is 5.91 Å². The van der Waals surface area contributed by atoms with Gasteiger partial charge in [-0.05, 0) is 23.4 Å². The van der Waals surface area contributed by atoms with Crippen LogP contribution in [-0.2, 0) is 17.6 Å². The highest BCUT2D eigenvalue weighted by Crippen LogP contribution is 2.10. The first-order valence-electron chi connectivity index (χ1n) is 6.19. The number of rotatable bonds is 6. The minimum Gasteiger partial charge on any atom is -0.352 e. The van der Waals surface area contributed by atoms with Crippen molar-refractivity contribution in [2.24, 2.45) is 0 Å². The summed E-state index contributed by atoms with van der Waals surface area (Å²) in [4.78, 5) is 13.0. The number of halogens is 1. The molecule has 0 aliphatic rings. The molecule has 1 N–H and O–H groups in total. The molecule has 2 aromatic rings. The number of carbonyl (C=O) groups is 1. The molecule has 0 aliphatic carbocycles. The molecule has 0 fully saturated rings. The van der Waals surface area contributed by atoms with Gasteiger partial charge in [-0.2, -0.15) is 0 Å². The highest BCUT2D eigenvalue weighted by Gasteiger charge is 2.12. The largest absolute Gasteiger partial charge is 0.352 e. The van der Waals surface area contributed by atoms with E-state index in [0.29, 0.717) is 6.42 Å². The monoisotopic (exact) mass is 337 g/mol. The van der Waals surface area contributed by atoms with Gasteiger partial charge in [-0.1, -0.05) is 52.3 Å². The van der Waals surface area contributed by atoms with Gasteiger partial charge in [-0.3, -0.25) is 4.79 Å². The van der Waals surface area contributed by atoms with Crippen molar-refractivity contribution in [2.75, 3.05) is 5.33 Å². The fourth-order valence-corrected chi connectivity index (χ4v) is 2.99. The smallest absolute Gasteiger partial charge is 0.225 e. The third-order valence-electron chi connectivity index (χ3n) is 2.79. The normalized spacial score (nSPS) is 12.1. The van der Waals surface area contributed by atoms with Crippen molar-refractivity contribution < 1.29 is 4.79 Å². The van der Waals surface area contributed by atoms with E-state index in [1.54, 1.807) is 11.3 Å². The first-order chi connectivity index (χ1) is 9.28. The summed E-state index contributed by atoms with van der Waals surface area (Å²) in [5.41, 5.74) is 1.24. The summed E-state index contributed by atoms with van der Waals surface area (Å²) in [6, 6.07) is 14.3. The lowest BCUT2D eigenvalue weighted by molar-refractivity contribution is -0.120. The standard InChI is InChI=1S/C15H16BrNOS/c16-11-13(9-12-5-2-1-3-6-12)17-15(18)10-14-7-4-8-19-14/h1-8,13H,9-11H2,(H,17,18). The molecular weight excluding hydrogens is 322 g/mol. The minimum atomic E-state index is 0.0860. The second-order valence-electron chi connectivity index (χ2n) is 4.36. The van der Waals surface area contributed by atoms with Crippen molar-refractivity contribution in [1.82, 2.24) is 5.32 Å². The van der Waals surface area contributed by atoms with Crippen molar-refractivity contribution in [1.29, 1.82) is 0 Å². The Balaban J connectivity index is 1.86. The third kappa shape index (κ3) is 4.80. The maximum absolute atomic E-state index is 11.9. The van der Waals surface area contributed by atoms with E-state index in [1.807, 2.05) is 35.7 Å². The highest BCUT2D eigenvalue weighted by molar-refractivity contribution is 9.09. The minimum absolute atomic E-state index is 0.0860. The number of amides is 1. The van der Waals surface area contributed by atoms with E-state index in [0.717, 1.165) is 16.6 Å². The van der Waals surface area contributed by atoms with Crippen LogP contribution in [0.3, 0.4) is 0 Å². The van der Waals surface area contributed by atoms with Gasteiger partial charge in [-0.15, -0.1) is 11.3 Å². The molecule has 2 rings (SSSR count). The Bertz CT molecular complexity index is 498. The summed E-state index contributed by atoms with van der Waals surface area (Å²) in [5, 5.41) is 5.83. The van der Waals surface area contributed by atoms with Crippen LogP contribution in [0.1, 0.15) is 10.4 Å². The maximum Gasteiger partial charge on any atom is 0.225 e. The van der Waals surface area contributed by atoms with E-state index in [-0.39, 0.29) is 11.9 Å². The van der Waals surface area contributed by atoms with E-state index in [1.165, 1.54) is 5.56 Å². The number of hydrogen-bond donors (Lipinski definition) is 1. The van der Waals surface area contributed by atoms with Crippen LogP contribution in [-0.4, -0.2) is 17.3 Å². The van der Waals surface area contributed by atoms with Crippen molar-refractivity contribution in [3.8, 4) is 0 Å². The molecule has 1 unspecified atom stereocenters. The Kier molecular flexibility index (Phi) is 5.61. The van der Waals surface area contributed by atoms with E-state index in [2.05, 4.69) is 33.4 Å². The molecule has 0 bridgehead atoms. The van der Waals surface area contributed by atoms with Gasteiger partial charge in [-0.25, -0.2) is 0 Å². The average Bonchev–Trinajstić information content (AvgIpc) is 2.92. The molecule has 0 aliphatic heterocycles. The summed E-state index contributed by atoms with van der Waals surface area (Å²) in [6.07, 6.45) is 1.32. The number of carbonyl (C=O) groups excluding carboxylic acids is 1. The molecule has 1 heterocycles. The molecule has 0 saturated carbocycles. The SMILES string of the molecule is O=C(Cc1cccs1)NC(CBr)Cc1ccccc1.